The number of carbonyl (C=O) groups is 1. The second kappa shape index (κ2) is 5.77. The van der Waals surface area contributed by atoms with Crippen molar-refractivity contribution < 1.29 is 9.53 Å². The van der Waals surface area contributed by atoms with Gasteiger partial charge in [-0.2, -0.15) is 0 Å². The predicted octanol–water partition coefficient (Wildman–Crippen LogP) is 2.57. The lowest BCUT2D eigenvalue weighted by atomic mass is 10.3. The van der Waals surface area contributed by atoms with Crippen molar-refractivity contribution in [1.29, 1.82) is 0 Å². The molecule has 0 bridgehead atoms. The van der Waals surface area contributed by atoms with Gasteiger partial charge in [0.05, 0.1) is 11.9 Å². The molecule has 1 aromatic carbocycles. The van der Waals surface area contributed by atoms with Gasteiger partial charge in [0.15, 0.2) is 6.10 Å². The summed E-state index contributed by atoms with van der Waals surface area (Å²) in [6, 6.07) is 9.89. The Balaban J connectivity index is 1.70. The lowest BCUT2D eigenvalue weighted by Gasteiger charge is -2.12. The van der Waals surface area contributed by atoms with Crippen LogP contribution in [0.4, 0.5) is 0 Å². The van der Waals surface area contributed by atoms with Crippen molar-refractivity contribution in [2.24, 2.45) is 0 Å². The first-order valence-electron chi connectivity index (χ1n) is 6.91. The summed E-state index contributed by atoms with van der Waals surface area (Å²) in [6.07, 6.45) is 3.13. The van der Waals surface area contributed by atoms with Crippen molar-refractivity contribution in [3.8, 4) is 11.6 Å². The molecule has 1 aromatic heterocycles. The first-order chi connectivity index (χ1) is 10.1. The third-order valence-corrected chi connectivity index (χ3v) is 3.50. The van der Waals surface area contributed by atoms with Crippen molar-refractivity contribution in [1.82, 2.24) is 15.1 Å². The molecule has 0 saturated heterocycles. The molecule has 0 radical (unpaired) electrons. The summed E-state index contributed by atoms with van der Waals surface area (Å²) in [6.45, 7) is 1.69. The lowest BCUT2D eigenvalue weighted by Crippen LogP contribution is -2.37. The number of rotatable bonds is 5. The van der Waals surface area contributed by atoms with Crippen LogP contribution in [-0.2, 0) is 4.79 Å². The molecule has 1 unspecified atom stereocenters. The number of carbonyl (C=O) groups excluding carboxylic acids is 1. The molecular weight excluding hydrogens is 290 g/mol. The van der Waals surface area contributed by atoms with Crippen molar-refractivity contribution in [3.05, 3.63) is 41.6 Å². The van der Waals surface area contributed by atoms with Gasteiger partial charge in [-0.3, -0.25) is 4.79 Å². The maximum absolute atomic E-state index is 11.9. The first kappa shape index (κ1) is 13.9. The van der Waals surface area contributed by atoms with E-state index in [9.17, 15) is 4.79 Å². The van der Waals surface area contributed by atoms with Gasteiger partial charge in [0.25, 0.3) is 11.8 Å². The van der Waals surface area contributed by atoms with Gasteiger partial charge >= 0.3 is 0 Å². The van der Waals surface area contributed by atoms with Crippen LogP contribution < -0.4 is 10.1 Å². The average Bonchev–Trinajstić information content (AvgIpc) is 3.23. The summed E-state index contributed by atoms with van der Waals surface area (Å²) in [7, 11) is 0. The van der Waals surface area contributed by atoms with Gasteiger partial charge in [0.1, 0.15) is 5.02 Å². The van der Waals surface area contributed by atoms with Crippen molar-refractivity contribution in [2.75, 3.05) is 0 Å². The zero-order valence-corrected chi connectivity index (χ0v) is 12.4. The highest BCUT2D eigenvalue weighted by molar-refractivity contribution is 6.31. The monoisotopic (exact) mass is 305 g/mol. The van der Waals surface area contributed by atoms with E-state index in [1.54, 1.807) is 17.8 Å². The Morgan fingerprint density at radius 2 is 2.14 bits per heavy atom. The van der Waals surface area contributed by atoms with E-state index in [4.69, 9.17) is 16.3 Å². The Hall–Kier alpha value is -2.01. The summed E-state index contributed by atoms with van der Waals surface area (Å²) in [5.41, 5.74) is 0.879. The van der Waals surface area contributed by atoms with E-state index in [2.05, 4.69) is 10.4 Å². The Morgan fingerprint density at radius 1 is 1.43 bits per heavy atom. The number of halogens is 1. The number of benzene rings is 1. The third-order valence-electron chi connectivity index (χ3n) is 3.24. The zero-order valence-electron chi connectivity index (χ0n) is 11.6. The fraction of sp³-hybridized carbons (Fsp3) is 0.333. The SMILES string of the molecule is CC(Oc1nn(-c2ccccc2)cc1Cl)C(=O)NC1CC1. The van der Waals surface area contributed by atoms with Gasteiger partial charge in [-0.1, -0.05) is 29.8 Å². The molecule has 1 aliphatic carbocycles. The highest BCUT2D eigenvalue weighted by atomic mass is 35.5. The maximum Gasteiger partial charge on any atom is 0.261 e. The third kappa shape index (κ3) is 3.36. The minimum absolute atomic E-state index is 0.136. The molecule has 1 heterocycles. The maximum atomic E-state index is 11.9. The van der Waals surface area contributed by atoms with E-state index in [1.165, 1.54) is 0 Å². The molecule has 1 fully saturated rings. The Labute approximate surface area is 127 Å². The van der Waals surface area contributed by atoms with E-state index < -0.39 is 6.10 Å². The number of amides is 1. The van der Waals surface area contributed by atoms with Crippen LogP contribution in [-0.4, -0.2) is 27.8 Å². The summed E-state index contributed by atoms with van der Waals surface area (Å²) in [4.78, 5) is 11.9. The van der Waals surface area contributed by atoms with Crippen LogP contribution in [0.5, 0.6) is 5.88 Å². The summed E-state index contributed by atoms with van der Waals surface area (Å²) in [5, 5.41) is 7.55. The molecule has 0 spiro atoms. The van der Waals surface area contributed by atoms with E-state index in [0.29, 0.717) is 11.1 Å². The fourth-order valence-corrected chi connectivity index (χ4v) is 2.07. The van der Waals surface area contributed by atoms with Crippen molar-refractivity contribution in [2.45, 2.75) is 31.9 Å². The number of nitrogens with zero attached hydrogens (tertiary/aromatic N) is 2. The van der Waals surface area contributed by atoms with Crippen LogP contribution in [0, 0.1) is 0 Å². The molecule has 0 aliphatic heterocycles. The number of aromatic nitrogens is 2. The summed E-state index contributed by atoms with van der Waals surface area (Å²) in [5.74, 6) is 0.127. The van der Waals surface area contributed by atoms with Crippen molar-refractivity contribution in [3.63, 3.8) is 0 Å². The standard InChI is InChI=1S/C15H16ClN3O2/c1-10(14(20)17-11-7-8-11)21-15-13(16)9-19(18-15)12-5-3-2-4-6-12/h2-6,9-11H,7-8H2,1H3,(H,17,20). The van der Waals surface area contributed by atoms with Gasteiger partial charge in [-0.25, -0.2) is 4.68 Å². The fourth-order valence-electron chi connectivity index (χ4n) is 1.90. The van der Waals surface area contributed by atoms with Gasteiger partial charge < -0.3 is 10.1 Å². The first-order valence-corrected chi connectivity index (χ1v) is 7.29. The highest BCUT2D eigenvalue weighted by Crippen LogP contribution is 2.25. The Kier molecular flexibility index (Phi) is 3.84. The molecule has 1 saturated carbocycles. The summed E-state index contributed by atoms with van der Waals surface area (Å²) < 4.78 is 7.19. The number of ether oxygens (including phenoxy) is 1. The summed E-state index contributed by atoms with van der Waals surface area (Å²) >= 11 is 6.12. The largest absolute Gasteiger partial charge is 0.462 e. The van der Waals surface area contributed by atoms with Gasteiger partial charge in [0.2, 0.25) is 0 Å². The number of para-hydroxylation sites is 1. The van der Waals surface area contributed by atoms with Crippen LogP contribution in [0.1, 0.15) is 19.8 Å². The molecule has 110 valence electrons. The second-order valence-electron chi connectivity index (χ2n) is 5.11. The van der Waals surface area contributed by atoms with Gasteiger partial charge in [-0.15, -0.1) is 5.10 Å². The topological polar surface area (TPSA) is 56.2 Å². The minimum atomic E-state index is -0.623. The van der Waals surface area contributed by atoms with E-state index in [1.807, 2.05) is 30.3 Å². The van der Waals surface area contributed by atoms with Crippen LogP contribution in [0.2, 0.25) is 5.02 Å². The van der Waals surface area contributed by atoms with E-state index >= 15 is 0 Å². The number of hydrogen-bond acceptors (Lipinski definition) is 3. The minimum Gasteiger partial charge on any atom is -0.462 e. The predicted molar refractivity (Wildman–Crippen MR) is 79.8 cm³/mol. The number of hydrogen-bond donors (Lipinski definition) is 1. The smallest absolute Gasteiger partial charge is 0.261 e. The highest BCUT2D eigenvalue weighted by Gasteiger charge is 2.27. The van der Waals surface area contributed by atoms with Gasteiger partial charge in [0, 0.05) is 6.04 Å². The molecule has 1 atom stereocenters. The Bertz CT molecular complexity index is 638. The molecule has 6 heteroatoms. The van der Waals surface area contributed by atoms with E-state index in [-0.39, 0.29) is 11.8 Å². The molecular formula is C15H16ClN3O2. The Morgan fingerprint density at radius 3 is 2.81 bits per heavy atom. The molecule has 3 rings (SSSR count). The average molecular weight is 306 g/mol. The molecule has 21 heavy (non-hydrogen) atoms. The van der Waals surface area contributed by atoms with Crippen LogP contribution >= 0.6 is 11.6 Å². The normalized spacial score (nSPS) is 15.5. The second-order valence-corrected chi connectivity index (χ2v) is 5.51. The van der Waals surface area contributed by atoms with E-state index in [0.717, 1.165) is 18.5 Å². The van der Waals surface area contributed by atoms with Crippen LogP contribution in [0.25, 0.3) is 5.69 Å². The molecule has 1 N–H and O–H groups in total. The van der Waals surface area contributed by atoms with Gasteiger partial charge in [-0.05, 0) is 31.9 Å². The van der Waals surface area contributed by atoms with Crippen LogP contribution in [0.3, 0.4) is 0 Å². The molecule has 5 nitrogen and oxygen atoms in total. The molecule has 1 aliphatic rings. The van der Waals surface area contributed by atoms with Crippen LogP contribution in [0.15, 0.2) is 36.5 Å². The lowest BCUT2D eigenvalue weighted by molar-refractivity contribution is -0.127. The van der Waals surface area contributed by atoms with Crippen molar-refractivity contribution >= 4 is 17.5 Å². The zero-order chi connectivity index (χ0) is 14.8. The molecule has 2 aromatic rings. The molecule has 1 amide bonds. The number of nitrogens with one attached hydrogen (secondary N) is 1. The quantitative estimate of drug-likeness (QED) is 0.923.